The van der Waals surface area contributed by atoms with Crippen LogP contribution in [-0.2, 0) is 0 Å². The van der Waals surface area contributed by atoms with E-state index in [0.717, 1.165) is 17.8 Å². The van der Waals surface area contributed by atoms with Crippen molar-refractivity contribution in [2.45, 2.75) is 102 Å². The highest BCUT2D eigenvalue weighted by Gasteiger charge is 2.23. The van der Waals surface area contributed by atoms with Gasteiger partial charge in [0.15, 0.2) is 0 Å². The van der Waals surface area contributed by atoms with Crippen molar-refractivity contribution in [3.63, 3.8) is 0 Å². The van der Waals surface area contributed by atoms with Crippen molar-refractivity contribution < 1.29 is 0 Å². The Kier molecular flexibility index (Phi) is 7.87. The van der Waals surface area contributed by atoms with Crippen LogP contribution in [0.15, 0.2) is 48.5 Å². The Morgan fingerprint density at radius 1 is 0.633 bits per heavy atom. The maximum Gasteiger partial charge on any atom is 0.0368 e. The summed E-state index contributed by atoms with van der Waals surface area (Å²) in [5.74, 6) is 2.61. The van der Waals surface area contributed by atoms with Crippen molar-refractivity contribution in [1.82, 2.24) is 0 Å². The second-order valence-electron chi connectivity index (χ2n) is 10.3. The van der Waals surface area contributed by atoms with Gasteiger partial charge in [0, 0.05) is 8.80 Å². The third-order valence-electron chi connectivity index (χ3n) is 8.18. The van der Waals surface area contributed by atoms with E-state index in [9.17, 15) is 0 Å². The minimum Gasteiger partial charge on any atom is -0.0657 e. The van der Waals surface area contributed by atoms with Crippen LogP contribution in [0.4, 0.5) is 0 Å². The monoisotopic (exact) mass is 418 g/mol. The summed E-state index contributed by atoms with van der Waals surface area (Å²) in [4.78, 5) is 0. The quantitative estimate of drug-likeness (QED) is 0.394. The molecule has 0 bridgehead atoms. The van der Waals surface area contributed by atoms with E-state index >= 15 is 0 Å². The number of hydrogen-bond donors (Lipinski definition) is 0. The maximum atomic E-state index is 2.42. The van der Waals surface area contributed by atoms with Crippen LogP contribution in [0.25, 0.3) is 11.1 Å². The van der Waals surface area contributed by atoms with Crippen molar-refractivity contribution in [1.29, 1.82) is 0 Å². The van der Waals surface area contributed by atoms with Gasteiger partial charge in [-0.25, -0.2) is 0 Å². The molecule has 1 aliphatic carbocycles. The van der Waals surface area contributed by atoms with Gasteiger partial charge in [0.1, 0.15) is 0 Å². The first kappa shape index (κ1) is 21.9. The summed E-state index contributed by atoms with van der Waals surface area (Å²) in [5.41, 5.74) is 5.91. The normalized spacial score (nSPS) is 27.1. The second-order valence-corrected chi connectivity index (χ2v) is 13.7. The molecule has 1 saturated heterocycles. The van der Waals surface area contributed by atoms with Crippen LogP contribution in [0.2, 0.25) is 18.1 Å². The van der Waals surface area contributed by atoms with Gasteiger partial charge in [-0.3, -0.25) is 0 Å². The Morgan fingerprint density at radius 2 is 1.13 bits per heavy atom. The molecule has 2 aliphatic rings. The van der Waals surface area contributed by atoms with Gasteiger partial charge in [0.2, 0.25) is 0 Å². The second kappa shape index (κ2) is 10.8. The van der Waals surface area contributed by atoms with E-state index in [2.05, 4.69) is 62.4 Å². The fraction of sp³-hybridized carbons (Fsp3) is 0.586. The fourth-order valence-electron chi connectivity index (χ4n) is 6.28. The average Bonchev–Trinajstić information content (AvgIpc) is 2.81. The zero-order valence-corrected chi connectivity index (χ0v) is 20.6. The third kappa shape index (κ3) is 5.47. The first-order valence-corrected chi connectivity index (χ1v) is 15.4. The Bertz CT molecular complexity index is 676. The first-order chi connectivity index (χ1) is 14.8. The molecule has 0 aromatic heterocycles. The minimum atomic E-state index is -0.372. The molecule has 0 spiro atoms. The van der Waals surface area contributed by atoms with Crippen LogP contribution >= 0.6 is 0 Å². The summed E-state index contributed by atoms with van der Waals surface area (Å²) in [6.07, 6.45) is 12.7. The minimum absolute atomic E-state index is 0.372. The lowest BCUT2D eigenvalue weighted by Crippen LogP contribution is -2.19. The van der Waals surface area contributed by atoms with Crippen molar-refractivity contribution in [2.24, 2.45) is 5.92 Å². The standard InChI is InChI=1S/C29H42Si/c1-3-5-23-6-8-24(9-7-23)25-10-12-26(13-11-25)27-14-16-28(17-15-27)29-18-21-30(20-4-2)22-19-29/h10-17,23-24,29-30H,3-9,18-22H2,1-2H3/t23-,24-,29?,30?. The lowest BCUT2D eigenvalue weighted by Gasteiger charge is -2.28. The molecular weight excluding hydrogens is 376 g/mol. The molecule has 0 amide bonds. The van der Waals surface area contributed by atoms with Crippen LogP contribution in [0.3, 0.4) is 0 Å². The van der Waals surface area contributed by atoms with Gasteiger partial charge in [-0.1, -0.05) is 99.8 Å². The van der Waals surface area contributed by atoms with Crippen LogP contribution in [0, 0.1) is 5.92 Å². The predicted molar refractivity (Wildman–Crippen MR) is 135 cm³/mol. The largest absolute Gasteiger partial charge is 0.0657 e. The van der Waals surface area contributed by atoms with E-state index in [4.69, 9.17) is 0 Å². The van der Waals surface area contributed by atoms with Gasteiger partial charge in [-0.2, -0.15) is 0 Å². The van der Waals surface area contributed by atoms with E-state index in [0.29, 0.717) is 0 Å². The van der Waals surface area contributed by atoms with Crippen molar-refractivity contribution >= 4 is 8.80 Å². The SMILES string of the molecule is CCC[SiH]1CCC(c2ccc(-c3ccc([C@H]4CC[C@H](CCC)CC4)cc3)cc2)CC1. The van der Waals surface area contributed by atoms with Gasteiger partial charge in [0.25, 0.3) is 0 Å². The van der Waals surface area contributed by atoms with Crippen molar-refractivity contribution in [3.8, 4) is 11.1 Å². The molecule has 1 heteroatoms. The highest BCUT2D eigenvalue weighted by Crippen LogP contribution is 2.38. The lowest BCUT2D eigenvalue weighted by molar-refractivity contribution is 0.308. The summed E-state index contributed by atoms with van der Waals surface area (Å²) in [5, 5.41) is 0. The van der Waals surface area contributed by atoms with Gasteiger partial charge in [0.05, 0.1) is 0 Å². The van der Waals surface area contributed by atoms with E-state index in [1.807, 2.05) is 0 Å². The molecule has 0 unspecified atom stereocenters. The summed E-state index contributed by atoms with van der Waals surface area (Å²) in [6, 6.07) is 23.8. The van der Waals surface area contributed by atoms with Gasteiger partial charge in [-0.05, 0) is 78.5 Å². The molecule has 4 rings (SSSR count). The Hall–Kier alpha value is -1.34. The molecule has 0 atom stereocenters. The summed E-state index contributed by atoms with van der Waals surface area (Å²) >= 11 is 0. The predicted octanol–water partition coefficient (Wildman–Crippen LogP) is 8.94. The van der Waals surface area contributed by atoms with Gasteiger partial charge >= 0.3 is 0 Å². The molecule has 0 N–H and O–H groups in total. The molecule has 0 nitrogen and oxygen atoms in total. The number of hydrogen-bond acceptors (Lipinski definition) is 0. The third-order valence-corrected chi connectivity index (χ3v) is 11.9. The van der Waals surface area contributed by atoms with Crippen molar-refractivity contribution in [2.75, 3.05) is 0 Å². The van der Waals surface area contributed by atoms with Crippen molar-refractivity contribution in [3.05, 3.63) is 59.7 Å². The zero-order valence-electron chi connectivity index (χ0n) is 19.4. The van der Waals surface area contributed by atoms with E-state index < -0.39 is 0 Å². The molecule has 1 heterocycles. The summed E-state index contributed by atoms with van der Waals surface area (Å²) in [7, 11) is -0.372. The van der Waals surface area contributed by atoms with E-state index in [-0.39, 0.29) is 8.80 Å². The number of rotatable bonds is 7. The van der Waals surface area contributed by atoms with Crippen LogP contribution in [-0.4, -0.2) is 8.80 Å². The lowest BCUT2D eigenvalue weighted by atomic mass is 9.77. The van der Waals surface area contributed by atoms with Crippen LogP contribution < -0.4 is 0 Å². The first-order valence-electron chi connectivity index (χ1n) is 13.0. The van der Waals surface area contributed by atoms with Crippen LogP contribution in [0.1, 0.15) is 94.6 Å². The highest BCUT2D eigenvalue weighted by molar-refractivity contribution is 6.59. The number of benzene rings is 2. The summed E-state index contributed by atoms with van der Waals surface area (Å²) in [6.45, 7) is 4.69. The van der Waals surface area contributed by atoms with E-state index in [1.165, 1.54) is 68.9 Å². The Labute approximate surface area is 187 Å². The van der Waals surface area contributed by atoms with Gasteiger partial charge < -0.3 is 0 Å². The average molecular weight is 419 g/mol. The maximum absolute atomic E-state index is 2.42. The molecule has 30 heavy (non-hydrogen) atoms. The molecule has 0 radical (unpaired) electrons. The molecular formula is C29H42Si. The molecule has 2 aromatic rings. The molecule has 2 fully saturated rings. The molecule has 2 aromatic carbocycles. The fourth-order valence-corrected chi connectivity index (χ4v) is 9.71. The summed E-state index contributed by atoms with van der Waals surface area (Å²) < 4.78 is 0. The highest BCUT2D eigenvalue weighted by atomic mass is 28.3. The topological polar surface area (TPSA) is 0 Å². The van der Waals surface area contributed by atoms with E-state index in [1.54, 1.807) is 29.3 Å². The van der Waals surface area contributed by atoms with Gasteiger partial charge in [-0.15, -0.1) is 0 Å². The Morgan fingerprint density at radius 3 is 1.60 bits per heavy atom. The zero-order chi connectivity index (χ0) is 20.8. The smallest absolute Gasteiger partial charge is 0.0368 e. The Balaban J connectivity index is 1.33. The molecule has 1 saturated carbocycles. The molecule has 162 valence electrons. The van der Waals surface area contributed by atoms with Crippen LogP contribution in [0.5, 0.6) is 0 Å². The molecule has 1 aliphatic heterocycles.